The fourth-order valence-corrected chi connectivity index (χ4v) is 7.87. The SMILES string of the molecule is C=CC(=O)O[C@@]12CO[C@@H]1C[C@H](O)[C@@]1(C)C(=O)[C@H](OC(C)=O)C3=C(C)[C@@H](O)C[C@@](O)([C@@H](OC(=O)c4ccccc4)[C@H]21)C3(C)C. The van der Waals surface area contributed by atoms with Crippen molar-refractivity contribution >= 4 is 23.7 Å². The highest BCUT2D eigenvalue weighted by molar-refractivity contribution is 5.95. The van der Waals surface area contributed by atoms with E-state index >= 15 is 0 Å². The number of hydrogen-bond acceptors (Lipinski definition) is 11. The maximum absolute atomic E-state index is 14.8. The summed E-state index contributed by atoms with van der Waals surface area (Å²) in [6, 6.07) is 8.01. The normalized spacial score (nSPS) is 39.6. The van der Waals surface area contributed by atoms with Crippen molar-refractivity contribution in [3.8, 4) is 0 Å². The van der Waals surface area contributed by atoms with Crippen LogP contribution < -0.4 is 0 Å². The van der Waals surface area contributed by atoms with Gasteiger partial charge in [0.25, 0.3) is 0 Å². The van der Waals surface area contributed by atoms with E-state index in [2.05, 4.69) is 6.58 Å². The molecule has 1 saturated heterocycles. The van der Waals surface area contributed by atoms with Crippen LogP contribution in [0.5, 0.6) is 0 Å². The van der Waals surface area contributed by atoms with Crippen LogP contribution in [0.1, 0.15) is 57.8 Å². The highest BCUT2D eigenvalue weighted by atomic mass is 16.6. The Kier molecular flexibility index (Phi) is 7.49. The summed E-state index contributed by atoms with van der Waals surface area (Å²) in [5.74, 6) is -4.66. The zero-order valence-electron chi connectivity index (χ0n) is 24.9. The summed E-state index contributed by atoms with van der Waals surface area (Å²) < 4.78 is 23.6. The van der Waals surface area contributed by atoms with Crippen LogP contribution in [-0.4, -0.2) is 87.3 Å². The van der Waals surface area contributed by atoms with Gasteiger partial charge in [-0.2, -0.15) is 0 Å². The molecule has 1 heterocycles. The number of rotatable bonds is 5. The lowest BCUT2D eigenvalue weighted by molar-refractivity contribution is -0.345. The second-order valence-corrected chi connectivity index (χ2v) is 12.8. The average molecular weight is 599 g/mol. The van der Waals surface area contributed by atoms with Crippen LogP contribution in [0.4, 0.5) is 0 Å². The first-order chi connectivity index (χ1) is 20.1. The maximum Gasteiger partial charge on any atom is 0.338 e. The first-order valence-electron chi connectivity index (χ1n) is 14.3. The van der Waals surface area contributed by atoms with E-state index in [9.17, 15) is 34.5 Å². The van der Waals surface area contributed by atoms with Crippen molar-refractivity contribution in [2.45, 2.75) is 89.2 Å². The Balaban J connectivity index is 1.84. The minimum Gasteiger partial charge on any atom is -0.455 e. The van der Waals surface area contributed by atoms with E-state index in [0.29, 0.717) is 5.57 Å². The third-order valence-electron chi connectivity index (χ3n) is 10.3. The molecule has 2 saturated carbocycles. The smallest absolute Gasteiger partial charge is 0.338 e. The topological polar surface area (TPSA) is 166 Å². The van der Waals surface area contributed by atoms with Crippen molar-refractivity contribution in [2.75, 3.05) is 6.61 Å². The number of carbonyl (C=O) groups excluding carboxylic acids is 4. The second-order valence-electron chi connectivity index (χ2n) is 12.8. The molecule has 5 rings (SSSR count). The van der Waals surface area contributed by atoms with Crippen molar-refractivity contribution in [1.29, 1.82) is 0 Å². The van der Waals surface area contributed by atoms with E-state index in [0.717, 1.165) is 13.0 Å². The Bertz CT molecular complexity index is 1400. The molecule has 0 spiro atoms. The summed E-state index contributed by atoms with van der Waals surface area (Å²) in [4.78, 5) is 53.8. The quantitative estimate of drug-likeness (QED) is 0.196. The fraction of sp³-hybridized carbons (Fsp3) is 0.562. The summed E-state index contributed by atoms with van der Waals surface area (Å²) >= 11 is 0. The van der Waals surface area contributed by atoms with Crippen LogP contribution in [0.2, 0.25) is 0 Å². The van der Waals surface area contributed by atoms with Crippen LogP contribution in [0.15, 0.2) is 54.1 Å². The number of fused-ring (bicyclic) bond motifs is 5. The summed E-state index contributed by atoms with van der Waals surface area (Å²) in [6.07, 6.45) is -6.52. The summed E-state index contributed by atoms with van der Waals surface area (Å²) in [5, 5.41) is 35.9. The molecule has 0 radical (unpaired) electrons. The number of ether oxygens (including phenoxy) is 4. The zero-order chi connectivity index (χ0) is 31.7. The summed E-state index contributed by atoms with van der Waals surface area (Å²) in [7, 11) is 0. The summed E-state index contributed by atoms with van der Waals surface area (Å²) in [5.41, 5.74) is -6.57. The molecular formula is C32H38O11. The minimum atomic E-state index is -2.14. The maximum atomic E-state index is 14.8. The van der Waals surface area contributed by atoms with Crippen molar-refractivity contribution in [3.05, 3.63) is 59.7 Å². The lowest BCUT2D eigenvalue weighted by Gasteiger charge is -2.67. The van der Waals surface area contributed by atoms with Gasteiger partial charge < -0.3 is 34.3 Å². The average Bonchev–Trinajstić information content (AvgIpc) is 2.95. The highest BCUT2D eigenvalue weighted by Crippen LogP contribution is 2.64. The molecule has 1 aliphatic heterocycles. The summed E-state index contributed by atoms with van der Waals surface area (Å²) in [6.45, 7) is 10.6. The molecule has 3 N–H and O–H groups in total. The second kappa shape index (κ2) is 10.4. The van der Waals surface area contributed by atoms with E-state index in [1.54, 1.807) is 39.0 Å². The van der Waals surface area contributed by atoms with Gasteiger partial charge in [0, 0.05) is 31.3 Å². The van der Waals surface area contributed by atoms with E-state index in [-0.39, 0.29) is 30.6 Å². The Morgan fingerprint density at radius 3 is 2.30 bits per heavy atom. The molecule has 2 bridgehead atoms. The Morgan fingerprint density at radius 2 is 1.74 bits per heavy atom. The number of carbonyl (C=O) groups is 4. The van der Waals surface area contributed by atoms with Crippen molar-refractivity contribution in [1.82, 2.24) is 0 Å². The van der Waals surface area contributed by atoms with Gasteiger partial charge in [-0.05, 0) is 37.1 Å². The lowest BCUT2D eigenvalue weighted by Crippen LogP contribution is -2.81. The van der Waals surface area contributed by atoms with Crippen LogP contribution in [0.3, 0.4) is 0 Å². The van der Waals surface area contributed by atoms with Crippen molar-refractivity contribution in [3.63, 3.8) is 0 Å². The predicted molar refractivity (Wildman–Crippen MR) is 149 cm³/mol. The Hall–Kier alpha value is -3.38. The number of aliphatic hydroxyl groups is 3. The molecular weight excluding hydrogens is 560 g/mol. The van der Waals surface area contributed by atoms with Gasteiger partial charge >= 0.3 is 17.9 Å². The first-order valence-corrected chi connectivity index (χ1v) is 14.3. The molecule has 0 aromatic heterocycles. The van der Waals surface area contributed by atoms with Crippen LogP contribution in [0.25, 0.3) is 0 Å². The predicted octanol–water partition coefficient (Wildman–Crippen LogP) is 1.82. The first kappa shape index (κ1) is 31.1. The van der Waals surface area contributed by atoms with Gasteiger partial charge in [-0.1, -0.05) is 38.6 Å². The molecule has 0 amide bonds. The third-order valence-corrected chi connectivity index (χ3v) is 10.3. The van der Waals surface area contributed by atoms with E-state index in [1.807, 2.05) is 0 Å². The highest BCUT2D eigenvalue weighted by Gasteiger charge is 2.78. The number of ketones is 1. The Labute approximate surface area is 249 Å². The van der Waals surface area contributed by atoms with Crippen molar-refractivity contribution < 1.29 is 53.4 Å². The van der Waals surface area contributed by atoms with Crippen LogP contribution >= 0.6 is 0 Å². The zero-order valence-corrected chi connectivity index (χ0v) is 24.9. The third kappa shape index (κ3) is 4.31. The van der Waals surface area contributed by atoms with Gasteiger partial charge in [-0.3, -0.25) is 9.59 Å². The molecule has 9 atom stereocenters. The number of esters is 3. The van der Waals surface area contributed by atoms with Gasteiger partial charge in [-0.15, -0.1) is 0 Å². The van der Waals surface area contributed by atoms with Gasteiger partial charge in [-0.25, -0.2) is 9.59 Å². The molecule has 232 valence electrons. The molecule has 3 fully saturated rings. The standard InChI is InChI=1S/C32H38O11/c1-7-22(36)43-31-15-40-21(31)13-20(35)30(6)25(31)27(42-28(38)18-11-9-8-10-12-18)32(39)14-19(34)16(2)23(29(32,4)5)24(26(30)37)41-17(3)33/h7-12,19-21,24-25,27,34-35,39H,1,13-15H2,2-6H3/t19-,20-,21+,24+,25-,27-,30+,31-,32+/m0/s1. The van der Waals surface area contributed by atoms with Crippen LogP contribution in [-0.2, 0) is 33.3 Å². The van der Waals surface area contributed by atoms with E-state index in [4.69, 9.17) is 18.9 Å². The molecule has 11 heteroatoms. The van der Waals surface area contributed by atoms with Gasteiger partial charge in [0.1, 0.15) is 17.8 Å². The molecule has 43 heavy (non-hydrogen) atoms. The van der Waals surface area contributed by atoms with Gasteiger partial charge in [0.2, 0.25) is 0 Å². The lowest BCUT2D eigenvalue weighted by atomic mass is 9.44. The molecule has 0 unspecified atom stereocenters. The number of hydrogen-bond donors (Lipinski definition) is 3. The fourth-order valence-electron chi connectivity index (χ4n) is 7.87. The largest absolute Gasteiger partial charge is 0.455 e. The molecule has 11 nitrogen and oxygen atoms in total. The van der Waals surface area contributed by atoms with Gasteiger partial charge in [0.15, 0.2) is 17.5 Å². The number of aliphatic hydroxyl groups excluding tert-OH is 2. The monoisotopic (exact) mass is 598 g/mol. The Morgan fingerprint density at radius 1 is 1.09 bits per heavy atom. The molecule has 3 aliphatic carbocycles. The number of Topliss-reactive ketones (excluding diaryl/α,β-unsaturated/α-hetero) is 1. The van der Waals surface area contributed by atoms with E-state index in [1.165, 1.54) is 19.1 Å². The van der Waals surface area contributed by atoms with Crippen LogP contribution in [0, 0.1) is 16.7 Å². The molecule has 4 aliphatic rings. The molecule has 1 aromatic rings. The van der Waals surface area contributed by atoms with Crippen molar-refractivity contribution in [2.24, 2.45) is 16.7 Å². The minimum absolute atomic E-state index is 0.141. The van der Waals surface area contributed by atoms with Gasteiger partial charge in [0.05, 0.1) is 35.7 Å². The number of benzene rings is 1. The van der Waals surface area contributed by atoms with E-state index < -0.39 is 82.2 Å². The molecule has 1 aromatic carbocycles.